The van der Waals surface area contributed by atoms with E-state index in [0.29, 0.717) is 5.75 Å². The Balaban J connectivity index is 1.43. The van der Waals surface area contributed by atoms with Crippen LogP contribution < -0.4 is 10.1 Å². The number of amides is 1. The number of benzene rings is 3. The van der Waals surface area contributed by atoms with E-state index >= 15 is 0 Å². The molecule has 0 fully saturated rings. The van der Waals surface area contributed by atoms with Crippen LogP contribution in [0.15, 0.2) is 72.8 Å². The zero-order valence-electron chi connectivity index (χ0n) is 17.1. The van der Waals surface area contributed by atoms with E-state index in [1.807, 2.05) is 36.4 Å². The van der Waals surface area contributed by atoms with Gasteiger partial charge in [0.1, 0.15) is 18.4 Å². The maximum absolute atomic E-state index is 12.4. The number of carboxylic acid groups (broad SMARTS) is 1. The first-order valence-electron chi connectivity index (χ1n) is 10.0. The Morgan fingerprint density at radius 2 is 1.61 bits per heavy atom. The van der Waals surface area contributed by atoms with E-state index in [-0.39, 0.29) is 18.9 Å². The zero-order valence-corrected chi connectivity index (χ0v) is 17.1. The molecule has 158 valence electrons. The van der Waals surface area contributed by atoms with Crippen LogP contribution in [0.2, 0.25) is 0 Å². The molecule has 1 amide bonds. The highest BCUT2D eigenvalue weighted by molar-refractivity contribution is 5.81. The molecule has 1 atom stereocenters. The van der Waals surface area contributed by atoms with Gasteiger partial charge in [-0.1, -0.05) is 60.7 Å². The normalized spacial score (nSPS) is 13.1. The molecule has 0 bridgehead atoms. The minimum absolute atomic E-state index is 0.0835. The van der Waals surface area contributed by atoms with E-state index in [9.17, 15) is 14.7 Å². The van der Waals surface area contributed by atoms with Crippen molar-refractivity contribution < 1.29 is 24.2 Å². The molecule has 6 heteroatoms. The monoisotopic (exact) mass is 417 g/mol. The summed E-state index contributed by atoms with van der Waals surface area (Å²) in [6, 6.07) is 22.1. The first-order valence-corrected chi connectivity index (χ1v) is 10.0. The number of hydrogen-bond donors (Lipinski definition) is 2. The number of carbonyl (C=O) groups is 2. The number of nitrogens with one attached hydrogen (secondary N) is 1. The van der Waals surface area contributed by atoms with Crippen LogP contribution >= 0.6 is 0 Å². The van der Waals surface area contributed by atoms with Crippen molar-refractivity contribution in [3.8, 4) is 16.9 Å². The Labute approximate surface area is 180 Å². The lowest BCUT2D eigenvalue weighted by atomic mass is 9.98. The number of fused-ring (bicyclic) bond motifs is 3. The van der Waals surface area contributed by atoms with Gasteiger partial charge in [0.2, 0.25) is 0 Å². The molecule has 31 heavy (non-hydrogen) atoms. The van der Waals surface area contributed by atoms with Crippen molar-refractivity contribution in [1.82, 2.24) is 5.32 Å². The third-order valence-electron chi connectivity index (χ3n) is 5.51. The number of ether oxygens (including phenoxy) is 2. The number of carbonyl (C=O) groups excluding carboxylic acids is 1. The second-order valence-corrected chi connectivity index (χ2v) is 7.42. The molecule has 0 saturated carbocycles. The third kappa shape index (κ3) is 4.38. The number of hydrogen-bond acceptors (Lipinski definition) is 4. The average molecular weight is 417 g/mol. The van der Waals surface area contributed by atoms with Crippen molar-refractivity contribution in [3.05, 3.63) is 89.5 Å². The lowest BCUT2D eigenvalue weighted by molar-refractivity contribution is -0.139. The van der Waals surface area contributed by atoms with E-state index in [1.54, 1.807) is 31.4 Å². The van der Waals surface area contributed by atoms with E-state index in [2.05, 4.69) is 17.4 Å². The highest BCUT2D eigenvalue weighted by Gasteiger charge is 2.29. The Kier molecular flexibility index (Phi) is 5.89. The summed E-state index contributed by atoms with van der Waals surface area (Å²) in [5, 5.41) is 12.0. The van der Waals surface area contributed by atoms with E-state index in [0.717, 1.165) is 27.8 Å². The SMILES string of the molecule is COc1cccc(CC(NC(=O)OCC2c3ccccc3-c3ccccc32)C(=O)O)c1. The summed E-state index contributed by atoms with van der Waals surface area (Å²) in [5.74, 6) is -0.584. The van der Waals surface area contributed by atoms with Gasteiger partial charge in [0.15, 0.2) is 0 Å². The van der Waals surface area contributed by atoms with E-state index < -0.39 is 18.1 Å². The molecule has 0 saturated heterocycles. The standard InChI is InChI=1S/C25H23NO5/c1-30-17-8-6-7-16(13-17)14-23(24(27)28)26-25(29)31-15-22-20-11-4-2-9-18(20)19-10-3-5-12-21(19)22/h2-13,22-23H,14-15H2,1H3,(H,26,29)(H,27,28). The number of carboxylic acids is 1. The van der Waals surface area contributed by atoms with Gasteiger partial charge in [-0.05, 0) is 39.9 Å². The minimum Gasteiger partial charge on any atom is -0.497 e. The Morgan fingerprint density at radius 1 is 0.968 bits per heavy atom. The molecule has 3 aromatic carbocycles. The van der Waals surface area contributed by atoms with Crippen molar-refractivity contribution >= 4 is 12.1 Å². The topological polar surface area (TPSA) is 84.9 Å². The molecule has 0 aromatic heterocycles. The van der Waals surface area contributed by atoms with Crippen molar-refractivity contribution in [1.29, 1.82) is 0 Å². The fourth-order valence-electron chi connectivity index (χ4n) is 4.02. The summed E-state index contributed by atoms with van der Waals surface area (Å²) in [6.45, 7) is 0.130. The quantitative estimate of drug-likeness (QED) is 0.601. The van der Waals surface area contributed by atoms with Crippen molar-refractivity contribution in [2.75, 3.05) is 13.7 Å². The summed E-state index contributed by atoms with van der Waals surface area (Å²) >= 11 is 0. The van der Waals surface area contributed by atoms with E-state index in [4.69, 9.17) is 9.47 Å². The zero-order chi connectivity index (χ0) is 21.8. The van der Waals surface area contributed by atoms with Gasteiger partial charge >= 0.3 is 12.1 Å². The number of rotatable bonds is 7. The summed E-state index contributed by atoms with van der Waals surface area (Å²) in [7, 11) is 1.54. The third-order valence-corrected chi connectivity index (χ3v) is 5.51. The highest BCUT2D eigenvalue weighted by Crippen LogP contribution is 2.44. The van der Waals surface area contributed by atoms with Gasteiger partial charge < -0.3 is 19.9 Å². The second kappa shape index (κ2) is 8.92. The maximum Gasteiger partial charge on any atom is 0.407 e. The Hall–Kier alpha value is -3.80. The highest BCUT2D eigenvalue weighted by atomic mass is 16.5. The summed E-state index contributed by atoms with van der Waals surface area (Å²) < 4.78 is 10.6. The molecular weight excluding hydrogens is 394 g/mol. The molecule has 0 heterocycles. The Bertz CT molecular complexity index is 1060. The summed E-state index contributed by atoms with van der Waals surface area (Å²) in [4.78, 5) is 24.1. The van der Waals surface area contributed by atoms with Crippen LogP contribution in [0.25, 0.3) is 11.1 Å². The number of methoxy groups -OCH3 is 1. The van der Waals surface area contributed by atoms with Gasteiger partial charge in [-0.25, -0.2) is 9.59 Å². The molecule has 4 rings (SSSR count). The molecule has 0 aliphatic heterocycles. The van der Waals surface area contributed by atoms with Gasteiger partial charge in [-0.2, -0.15) is 0 Å². The van der Waals surface area contributed by atoms with Crippen molar-refractivity contribution in [2.45, 2.75) is 18.4 Å². The molecule has 1 aliphatic carbocycles. The smallest absolute Gasteiger partial charge is 0.407 e. The fourth-order valence-corrected chi connectivity index (χ4v) is 4.02. The molecule has 6 nitrogen and oxygen atoms in total. The molecule has 0 radical (unpaired) electrons. The second-order valence-electron chi connectivity index (χ2n) is 7.42. The van der Waals surface area contributed by atoms with Crippen LogP contribution in [0.4, 0.5) is 4.79 Å². The molecule has 2 N–H and O–H groups in total. The van der Waals surface area contributed by atoms with Crippen LogP contribution in [0, 0.1) is 0 Å². The number of alkyl carbamates (subject to hydrolysis) is 1. The van der Waals surface area contributed by atoms with Crippen LogP contribution in [0.1, 0.15) is 22.6 Å². The number of aliphatic carboxylic acids is 1. The average Bonchev–Trinajstić information content (AvgIpc) is 3.11. The van der Waals surface area contributed by atoms with Crippen LogP contribution in [0.5, 0.6) is 5.75 Å². The summed E-state index contributed by atoms with van der Waals surface area (Å²) in [6.07, 6.45) is -0.631. The van der Waals surface area contributed by atoms with Gasteiger partial charge in [-0.3, -0.25) is 0 Å². The maximum atomic E-state index is 12.4. The molecule has 0 spiro atoms. The Morgan fingerprint density at radius 3 is 2.23 bits per heavy atom. The van der Waals surface area contributed by atoms with Crippen LogP contribution in [-0.2, 0) is 16.0 Å². The molecule has 1 unspecified atom stereocenters. The largest absolute Gasteiger partial charge is 0.497 e. The predicted octanol–water partition coefficient (Wildman–Crippen LogP) is 4.23. The van der Waals surface area contributed by atoms with Gasteiger partial charge in [0.05, 0.1) is 7.11 Å². The first-order chi connectivity index (χ1) is 15.1. The fraction of sp³-hybridized carbons (Fsp3) is 0.200. The van der Waals surface area contributed by atoms with Crippen LogP contribution in [-0.4, -0.2) is 36.9 Å². The van der Waals surface area contributed by atoms with E-state index in [1.165, 1.54) is 0 Å². The van der Waals surface area contributed by atoms with Crippen molar-refractivity contribution in [3.63, 3.8) is 0 Å². The minimum atomic E-state index is -1.13. The molecule has 3 aromatic rings. The van der Waals surface area contributed by atoms with Crippen LogP contribution in [0.3, 0.4) is 0 Å². The lowest BCUT2D eigenvalue weighted by Gasteiger charge is -2.17. The van der Waals surface area contributed by atoms with Crippen molar-refractivity contribution in [2.24, 2.45) is 0 Å². The lowest BCUT2D eigenvalue weighted by Crippen LogP contribution is -2.42. The summed E-state index contributed by atoms with van der Waals surface area (Å²) in [5.41, 5.74) is 5.21. The first kappa shape index (κ1) is 20.5. The van der Waals surface area contributed by atoms with Gasteiger partial charge in [-0.15, -0.1) is 0 Å². The van der Waals surface area contributed by atoms with Gasteiger partial charge in [0, 0.05) is 12.3 Å². The molecular formula is C25H23NO5. The molecule has 1 aliphatic rings. The van der Waals surface area contributed by atoms with Gasteiger partial charge in [0.25, 0.3) is 0 Å². The predicted molar refractivity (Wildman–Crippen MR) is 116 cm³/mol.